The molecule has 0 spiro atoms. The fourth-order valence-corrected chi connectivity index (χ4v) is 3.36. The van der Waals surface area contributed by atoms with Crippen LogP contribution >= 0.6 is 12.2 Å². The van der Waals surface area contributed by atoms with Gasteiger partial charge in [-0.15, -0.1) is 0 Å². The van der Waals surface area contributed by atoms with E-state index in [0.29, 0.717) is 16.7 Å². The van der Waals surface area contributed by atoms with Crippen molar-refractivity contribution in [3.8, 4) is 0 Å². The summed E-state index contributed by atoms with van der Waals surface area (Å²) in [5.41, 5.74) is 3.56. The quantitative estimate of drug-likeness (QED) is 0.547. The van der Waals surface area contributed by atoms with Gasteiger partial charge in [0.1, 0.15) is 4.64 Å². The van der Waals surface area contributed by atoms with E-state index in [4.69, 9.17) is 12.2 Å². The lowest BCUT2D eigenvalue weighted by atomic mass is 9.97. The molecule has 0 fully saturated rings. The molecule has 24 heavy (non-hydrogen) atoms. The highest BCUT2D eigenvalue weighted by molar-refractivity contribution is 7.71. The molecule has 1 aromatic heterocycles. The maximum atomic E-state index is 12.2. The van der Waals surface area contributed by atoms with E-state index in [0.717, 1.165) is 30.5 Å². The zero-order chi connectivity index (χ0) is 17.5. The van der Waals surface area contributed by atoms with Crippen molar-refractivity contribution in [1.82, 2.24) is 15.6 Å². The smallest absolute Gasteiger partial charge is 0.254 e. The molecule has 3 N–H and O–H groups in total. The fraction of sp³-hybridized carbons (Fsp3) is 0.500. The van der Waals surface area contributed by atoms with E-state index >= 15 is 0 Å². The maximum absolute atomic E-state index is 12.2. The molecule has 0 saturated carbocycles. The summed E-state index contributed by atoms with van der Waals surface area (Å²) in [7, 11) is 0. The molecule has 2 rings (SSSR count). The van der Waals surface area contributed by atoms with Crippen LogP contribution in [0.25, 0.3) is 0 Å². The van der Waals surface area contributed by atoms with Gasteiger partial charge in [0.15, 0.2) is 0 Å². The van der Waals surface area contributed by atoms with Crippen molar-refractivity contribution in [3.63, 3.8) is 0 Å². The number of aromatic amines is 1. The van der Waals surface area contributed by atoms with Gasteiger partial charge in [0.2, 0.25) is 5.91 Å². The standard InChI is InChI=1S/C18H25N3O2S/c1-12-10-13(2)21-18(24)16(12)17(23)20-11-15(22)19-9-8-14-6-4-3-5-7-14/h6,10H,3-5,7-9,11H2,1-2H3,(H,19,22)(H,20,23)(H,21,24). The number of nitrogens with one attached hydrogen (secondary N) is 3. The Morgan fingerprint density at radius 1 is 1.25 bits per heavy atom. The summed E-state index contributed by atoms with van der Waals surface area (Å²) in [5, 5.41) is 5.48. The van der Waals surface area contributed by atoms with Crippen molar-refractivity contribution < 1.29 is 9.59 Å². The number of hydrogen-bond donors (Lipinski definition) is 3. The fourth-order valence-electron chi connectivity index (χ4n) is 2.94. The molecular formula is C18H25N3O2S. The maximum Gasteiger partial charge on any atom is 0.254 e. The van der Waals surface area contributed by atoms with Crippen molar-refractivity contribution in [2.45, 2.75) is 46.0 Å². The van der Waals surface area contributed by atoms with E-state index in [1.165, 1.54) is 18.4 Å². The Hall–Kier alpha value is -1.95. The van der Waals surface area contributed by atoms with Gasteiger partial charge in [-0.1, -0.05) is 23.9 Å². The molecule has 130 valence electrons. The molecule has 2 amide bonds. The first kappa shape index (κ1) is 18.4. The highest BCUT2D eigenvalue weighted by Gasteiger charge is 2.13. The molecule has 0 unspecified atom stereocenters. The number of pyridine rings is 1. The van der Waals surface area contributed by atoms with Crippen LogP contribution in [0.2, 0.25) is 0 Å². The van der Waals surface area contributed by atoms with Crippen LogP contribution in [0.15, 0.2) is 17.7 Å². The SMILES string of the molecule is Cc1cc(C)c(C(=O)NCC(=O)NCCC2=CCCCC2)c(=S)[nH]1. The summed E-state index contributed by atoms with van der Waals surface area (Å²) in [6, 6.07) is 1.86. The third kappa shape index (κ3) is 5.30. The van der Waals surface area contributed by atoms with Crippen molar-refractivity contribution in [2.24, 2.45) is 0 Å². The molecule has 0 atom stereocenters. The number of rotatable bonds is 6. The highest BCUT2D eigenvalue weighted by Crippen LogP contribution is 2.19. The van der Waals surface area contributed by atoms with Gasteiger partial charge < -0.3 is 15.6 Å². The number of aromatic nitrogens is 1. The Balaban J connectivity index is 1.78. The van der Waals surface area contributed by atoms with Crippen LogP contribution < -0.4 is 10.6 Å². The summed E-state index contributed by atoms with van der Waals surface area (Å²) < 4.78 is 0.398. The number of H-pyrrole nitrogens is 1. The van der Waals surface area contributed by atoms with Crippen molar-refractivity contribution in [1.29, 1.82) is 0 Å². The van der Waals surface area contributed by atoms with Crippen LogP contribution in [0, 0.1) is 18.5 Å². The van der Waals surface area contributed by atoms with Crippen LogP contribution in [0.3, 0.4) is 0 Å². The summed E-state index contributed by atoms with van der Waals surface area (Å²) in [6.45, 7) is 4.30. The number of allylic oxidation sites excluding steroid dienone is 1. The van der Waals surface area contributed by atoms with Gasteiger partial charge in [-0.25, -0.2) is 0 Å². The van der Waals surface area contributed by atoms with Crippen LogP contribution in [0.1, 0.15) is 53.7 Å². The first-order valence-corrected chi connectivity index (χ1v) is 8.81. The Kier molecular flexibility index (Phi) is 6.73. The van der Waals surface area contributed by atoms with Gasteiger partial charge in [0.25, 0.3) is 5.91 Å². The molecule has 1 aliphatic rings. The Labute approximate surface area is 147 Å². The van der Waals surface area contributed by atoms with Crippen molar-refractivity contribution in [3.05, 3.63) is 39.2 Å². The van der Waals surface area contributed by atoms with Crippen molar-refractivity contribution in [2.75, 3.05) is 13.1 Å². The zero-order valence-corrected chi connectivity index (χ0v) is 15.1. The monoisotopic (exact) mass is 347 g/mol. The Bertz CT molecular complexity index is 707. The molecule has 0 bridgehead atoms. The average Bonchev–Trinajstić information content (AvgIpc) is 2.53. The largest absolute Gasteiger partial charge is 0.354 e. The first-order valence-electron chi connectivity index (χ1n) is 8.40. The molecule has 0 saturated heterocycles. The van der Waals surface area contributed by atoms with Gasteiger partial charge >= 0.3 is 0 Å². The number of carbonyl (C=O) groups excluding carboxylic acids is 2. The number of amides is 2. The third-order valence-electron chi connectivity index (χ3n) is 4.15. The van der Waals surface area contributed by atoms with Gasteiger partial charge in [0.05, 0.1) is 12.1 Å². The lowest BCUT2D eigenvalue weighted by molar-refractivity contribution is -0.120. The topological polar surface area (TPSA) is 74.0 Å². The van der Waals surface area contributed by atoms with Gasteiger partial charge in [-0.05, 0) is 57.6 Å². The summed E-state index contributed by atoms with van der Waals surface area (Å²) >= 11 is 5.20. The van der Waals surface area contributed by atoms with Gasteiger partial charge in [-0.2, -0.15) is 0 Å². The van der Waals surface area contributed by atoms with Crippen LogP contribution in [-0.4, -0.2) is 29.9 Å². The predicted octanol–water partition coefficient (Wildman–Crippen LogP) is 3.10. The Morgan fingerprint density at radius 3 is 2.71 bits per heavy atom. The van der Waals surface area contributed by atoms with E-state index in [1.54, 1.807) is 0 Å². The second kappa shape index (κ2) is 8.78. The molecule has 1 aliphatic carbocycles. The zero-order valence-electron chi connectivity index (χ0n) is 14.3. The van der Waals surface area contributed by atoms with E-state index < -0.39 is 0 Å². The summed E-state index contributed by atoms with van der Waals surface area (Å²) in [4.78, 5) is 27.1. The summed E-state index contributed by atoms with van der Waals surface area (Å²) in [5.74, 6) is -0.502. The minimum Gasteiger partial charge on any atom is -0.354 e. The average molecular weight is 347 g/mol. The molecule has 0 aliphatic heterocycles. The molecule has 0 aromatic carbocycles. The van der Waals surface area contributed by atoms with E-state index in [2.05, 4.69) is 21.7 Å². The van der Waals surface area contributed by atoms with Crippen LogP contribution in [0.4, 0.5) is 0 Å². The molecule has 5 nitrogen and oxygen atoms in total. The molecule has 1 aromatic rings. The molecule has 1 heterocycles. The van der Waals surface area contributed by atoms with Crippen molar-refractivity contribution >= 4 is 24.0 Å². The number of hydrogen-bond acceptors (Lipinski definition) is 3. The highest BCUT2D eigenvalue weighted by atomic mass is 32.1. The lowest BCUT2D eigenvalue weighted by Gasteiger charge is -2.13. The number of aryl methyl sites for hydroxylation is 2. The third-order valence-corrected chi connectivity index (χ3v) is 4.46. The number of carbonyl (C=O) groups is 2. The minimum atomic E-state index is -0.320. The molecule has 0 radical (unpaired) electrons. The van der Waals surface area contributed by atoms with E-state index in [-0.39, 0.29) is 18.4 Å². The molecular weight excluding hydrogens is 322 g/mol. The molecule has 6 heteroatoms. The second-order valence-corrected chi connectivity index (χ2v) is 6.64. The van der Waals surface area contributed by atoms with Crippen LogP contribution in [0.5, 0.6) is 0 Å². The van der Waals surface area contributed by atoms with E-state index in [9.17, 15) is 9.59 Å². The normalized spacial score (nSPS) is 14.0. The summed E-state index contributed by atoms with van der Waals surface area (Å²) in [6.07, 6.45) is 7.96. The van der Waals surface area contributed by atoms with Gasteiger partial charge in [-0.3, -0.25) is 9.59 Å². The second-order valence-electron chi connectivity index (χ2n) is 6.23. The van der Waals surface area contributed by atoms with E-state index in [1.807, 2.05) is 19.9 Å². The van der Waals surface area contributed by atoms with Gasteiger partial charge in [0, 0.05) is 12.2 Å². The lowest BCUT2D eigenvalue weighted by Crippen LogP contribution is -2.37. The predicted molar refractivity (Wildman–Crippen MR) is 97.6 cm³/mol. The van der Waals surface area contributed by atoms with Crippen LogP contribution in [-0.2, 0) is 4.79 Å². The first-order chi connectivity index (χ1) is 11.5. The minimum absolute atomic E-state index is 0.0417. The Morgan fingerprint density at radius 2 is 2.04 bits per heavy atom.